The first-order valence-electron chi connectivity index (χ1n) is 7.26. The summed E-state index contributed by atoms with van der Waals surface area (Å²) in [6.45, 7) is 0.538. The van der Waals surface area contributed by atoms with Gasteiger partial charge in [0.25, 0.3) is 0 Å². The van der Waals surface area contributed by atoms with Gasteiger partial charge in [-0.2, -0.15) is 0 Å². The maximum atomic E-state index is 6.05. The van der Waals surface area contributed by atoms with Gasteiger partial charge >= 0.3 is 0 Å². The lowest BCUT2D eigenvalue weighted by Crippen LogP contribution is -2.13. The molecule has 1 aromatic heterocycles. The third kappa shape index (κ3) is 2.53. The second kappa shape index (κ2) is 6.12. The van der Waals surface area contributed by atoms with Gasteiger partial charge in [-0.15, -0.1) is 0 Å². The third-order valence-electron chi connectivity index (χ3n) is 4.05. The molecule has 0 saturated carbocycles. The number of fused-ring (bicyclic) bond motifs is 1. The van der Waals surface area contributed by atoms with Gasteiger partial charge in [0.2, 0.25) is 0 Å². The predicted octanol–water partition coefficient (Wildman–Crippen LogP) is 3.28. The molecule has 3 N–H and O–H groups in total. The molecule has 0 aliphatic rings. The van der Waals surface area contributed by atoms with Crippen LogP contribution in [-0.4, -0.2) is 25.7 Å². The fourth-order valence-electron chi connectivity index (χ4n) is 2.82. The van der Waals surface area contributed by atoms with Crippen molar-refractivity contribution in [1.29, 1.82) is 0 Å². The summed E-state index contributed by atoms with van der Waals surface area (Å²) in [6.07, 6.45) is 2.03. The van der Waals surface area contributed by atoms with Crippen molar-refractivity contribution in [2.75, 3.05) is 20.8 Å². The quantitative estimate of drug-likeness (QED) is 0.759. The lowest BCUT2D eigenvalue weighted by Gasteiger charge is -2.15. The van der Waals surface area contributed by atoms with Crippen LogP contribution in [0.1, 0.15) is 17.0 Å². The van der Waals surface area contributed by atoms with Crippen LogP contribution in [-0.2, 0) is 0 Å². The van der Waals surface area contributed by atoms with Crippen LogP contribution < -0.4 is 15.2 Å². The van der Waals surface area contributed by atoms with Crippen LogP contribution in [0.25, 0.3) is 10.9 Å². The summed E-state index contributed by atoms with van der Waals surface area (Å²) in [7, 11) is 3.35. The zero-order chi connectivity index (χ0) is 15.5. The van der Waals surface area contributed by atoms with E-state index < -0.39 is 0 Å². The number of hydrogen-bond donors (Lipinski definition) is 2. The van der Waals surface area contributed by atoms with Gasteiger partial charge in [-0.1, -0.05) is 12.1 Å². The Bertz CT molecular complexity index is 762. The van der Waals surface area contributed by atoms with Crippen molar-refractivity contribution in [3.8, 4) is 11.5 Å². The Labute approximate surface area is 129 Å². The van der Waals surface area contributed by atoms with Crippen LogP contribution in [0.3, 0.4) is 0 Å². The molecule has 4 heteroatoms. The summed E-state index contributed by atoms with van der Waals surface area (Å²) in [5.41, 5.74) is 9.49. The number of nitrogens with one attached hydrogen (secondary N) is 1. The standard InChI is InChI=1S/C18H20N2O2/c1-21-13-5-3-12(4-6-13)16(10-19)17-11-20-18-8-7-14(22-2)9-15(17)18/h3-9,11,16,20H,10,19H2,1-2H3. The normalized spacial score (nSPS) is 12.3. The van der Waals surface area contributed by atoms with Crippen molar-refractivity contribution in [1.82, 2.24) is 4.98 Å². The number of ether oxygens (including phenoxy) is 2. The molecular weight excluding hydrogens is 276 g/mol. The smallest absolute Gasteiger partial charge is 0.119 e. The maximum absolute atomic E-state index is 6.05. The molecule has 4 nitrogen and oxygen atoms in total. The third-order valence-corrected chi connectivity index (χ3v) is 4.05. The molecule has 0 aliphatic heterocycles. The lowest BCUT2D eigenvalue weighted by atomic mass is 9.91. The largest absolute Gasteiger partial charge is 0.497 e. The Kier molecular flexibility index (Phi) is 4.02. The second-order valence-electron chi connectivity index (χ2n) is 5.22. The highest BCUT2D eigenvalue weighted by molar-refractivity contribution is 5.85. The summed E-state index contributed by atoms with van der Waals surface area (Å²) in [5.74, 6) is 1.82. The number of aromatic amines is 1. The molecule has 22 heavy (non-hydrogen) atoms. The molecule has 0 radical (unpaired) electrons. The molecule has 1 heterocycles. The summed E-state index contributed by atoms with van der Waals surface area (Å²) >= 11 is 0. The lowest BCUT2D eigenvalue weighted by molar-refractivity contribution is 0.414. The van der Waals surface area contributed by atoms with E-state index in [9.17, 15) is 0 Å². The van der Waals surface area contributed by atoms with E-state index in [-0.39, 0.29) is 5.92 Å². The average molecular weight is 296 g/mol. The Morgan fingerprint density at radius 3 is 2.32 bits per heavy atom. The monoisotopic (exact) mass is 296 g/mol. The van der Waals surface area contributed by atoms with Crippen LogP contribution >= 0.6 is 0 Å². The van der Waals surface area contributed by atoms with Gasteiger partial charge in [-0.05, 0) is 41.5 Å². The van der Waals surface area contributed by atoms with Crippen LogP contribution in [0.5, 0.6) is 11.5 Å². The van der Waals surface area contributed by atoms with E-state index in [1.807, 2.05) is 36.5 Å². The molecule has 0 saturated heterocycles. The number of nitrogens with two attached hydrogens (primary N) is 1. The van der Waals surface area contributed by atoms with Gasteiger partial charge in [-0.3, -0.25) is 0 Å². The fraction of sp³-hybridized carbons (Fsp3) is 0.222. The minimum absolute atomic E-state index is 0.131. The summed E-state index contributed by atoms with van der Waals surface area (Å²) in [5, 5.41) is 1.14. The van der Waals surface area contributed by atoms with E-state index in [0.29, 0.717) is 6.54 Å². The highest BCUT2D eigenvalue weighted by atomic mass is 16.5. The fourth-order valence-corrected chi connectivity index (χ4v) is 2.82. The van der Waals surface area contributed by atoms with Crippen LogP contribution in [0.2, 0.25) is 0 Å². The first-order chi connectivity index (χ1) is 10.8. The zero-order valence-corrected chi connectivity index (χ0v) is 12.8. The molecule has 114 valence electrons. The Morgan fingerprint density at radius 2 is 1.68 bits per heavy atom. The van der Waals surface area contributed by atoms with E-state index in [2.05, 4.69) is 17.1 Å². The van der Waals surface area contributed by atoms with E-state index >= 15 is 0 Å². The van der Waals surface area contributed by atoms with Crippen molar-refractivity contribution >= 4 is 10.9 Å². The zero-order valence-electron chi connectivity index (χ0n) is 12.8. The van der Waals surface area contributed by atoms with Crippen molar-refractivity contribution in [2.45, 2.75) is 5.92 Å². The first-order valence-corrected chi connectivity index (χ1v) is 7.26. The number of benzene rings is 2. The molecular formula is C18H20N2O2. The van der Waals surface area contributed by atoms with Crippen molar-refractivity contribution in [2.24, 2.45) is 5.73 Å². The van der Waals surface area contributed by atoms with E-state index in [0.717, 1.165) is 22.4 Å². The number of methoxy groups -OCH3 is 2. The van der Waals surface area contributed by atoms with Gasteiger partial charge in [0.1, 0.15) is 11.5 Å². The molecule has 0 amide bonds. The van der Waals surface area contributed by atoms with Crippen molar-refractivity contribution in [3.05, 3.63) is 59.8 Å². The summed E-state index contributed by atoms with van der Waals surface area (Å²) < 4.78 is 10.6. The van der Waals surface area contributed by atoms with Gasteiger partial charge in [0.15, 0.2) is 0 Å². The minimum Gasteiger partial charge on any atom is -0.497 e. The van der Waals surface area contributed by atoms with E-state index in [1.54, 1.807) is 14.2 Å². The Morgan fingerprint density at radius 1 is 1.00 bits per heavy atom. The molecule has 2 aromatic carbocycles. The highest BCUT2D eigenvalue weighted by Crippen LogP contribution is 2.32. The SMILES string of the molecule is COc1ccc(C(CN)c2c[nH]c3ccc(OC)cc23)cc1. The van der Waals surface area contributed by atoms with Crippen LogP contribution in [0.15, 0.2) is 48.7 Å². The Balaban J connectivity index is 2.05. The van der Waals surface area contributed by atoms with E-state index in [4.69, 9.17) is 15.2 Å². The molecule has 0 fully saturated rings. The maximum Gasteiger partial charge on any atom is 0.119 e. The summed E-state index contributed by atoms with van der Waals surface area (Å²) in [4.78, 5) is 3.31. The number of H-pyrrole nitrogens is 1. The molecule has 0 spiro atoms. The van der Waals surface area contributed by atoms with Crippen LogP contribution in [0.4, 0.5) is 0 Å². The van der Waals surface area contributed by atoms with Gasteiger partial charge in [0.05, 0.1) is 14.2 Å². The molecule has 1 atom stereocenters. The van der Waals surface area contributed by atoms with Gasteiger partial charge < -0.3 is 20.2 Å². The molecule has 0 aliphatic carbocycles. The highest BCUT2D eigenvalue weighted by Gasteiger charge is 2.17. The predicted molar refractivity (Wildman–Crippen MR) is 88.7 cm³/mol. The number of rotatable bonds is 5. The van der Waals surface area contributed by atoms with E-state index in [1.165, 1.54) is 11.1 Å². The first kappa shape index (κ1) is 14.5. The number of aromatic nitrogens is 1. The topological polar surface area (TPSA) is 60.3 Å². The van der Waals surface area contributed by atoms with Crippen molar-refractivity contribution in [3.63, 3.8) is 0 Å². The van der Waals surface area contributed by atoms with Gasteiger partial charge in [-0.25, -0.2) is 0 Å². The molecule has 0 bridgehead atoms. The van der Waals surface area contributed by atoms with Gasteiger partial charge in [0, 0.05) is 29.6 Å². The minimum atomic E-state index is 0.131. The Hall–Kier alpha value is -2.46. The molecule has 3 rings (SSSR count). The summed E-state index contributed by atoms with van der Waals surface area (Å²) in [6, 6.07) is 14.1. The number of hydrogen-bond acceptors (Lipinski definition) is 3. The molecule has 1 unspecified atom stereocenters. The van der Waals surface area contributed by atoms with Crippen molar-refractivity contribution < 1.29 is 9.47 Å². The molecule has 3 aromatic rings. The van der Waals surface area contributed by atoms with Crippen LogP contribution in [0, 0.1) is 0 Å². The average Bonchev–Trinajstić information content (AvgIpc) is 2.99. The second-order valence-corrected chi connectivity index (χ2v) is 5.22.